The lowest BCUT2D eigenvalue weighted by molar-refractivity contribution is -0.192. The first-order valence-corrected chi connectivity index (χ1v) is 10.6. The second kappa shape index (κ2) is 10.4. The minimum Gasteiger partial charge on any atom is -0.477 e. The van der Waals surface area contributed by atoms with Crippen molar-refractivity contribution >= 4 is 40.6 Å². The van der Waals surface area contributed by atoms with Crippen LogP contribution in [0.1, 0.15) is 34.6 Å². The number of esters is 1. The van der Waals surface area contributed by atoms with Gasteiger partial charge >= 0.3 is 24.1 Å². The highest BCUT2D eigenvalue weighted by Crippen LogP contribution is 2.35. The van der Waals surface area contributed by atoms with Gasteiger partial charge in [0.15, 0.2) is 5.72 Å². The zero-order valence-corrected chi connectivity index (χ0v) is 18.8. The van der Waals surface area contributed by atoms with Gasteiger partial charge < -0.3 is 30.0 Å². The zero-order valence-electron chi connectivity index (χ0n) is 18.0. The number of pyridine rings is 1. The molecule has 186 valence electrons. The number of thioether (sulfide) groups is 1. The summed E-state index contributed by atoms with van der Waals surface area (Å²) in [5.41, 5.74) is 3.90. The molecule has 0 spiro atoms. The SMILES string of the molecule is CC1(C)OC(=O)c2cc(SCCOCCN)cc3c(=O)c(C(=O)O)cn1c23.O=C(O)C(F)(F)F. The van der Waals surface area contributed by atoms with Crippen molar-refractivity contribution in [2.24, 2.45) is 5.73 Å². The van der Waals surface area contributed by atoms with E-state index >= 15 is 0 Å². The quantitative estimate of drug-likeness (QED) is 0.289. The summed E-state index contributed by atoms with van der Waals surface area (Å²) in [7, 11) is 0. The summed E-state index contributed by atoms with van der Waals surface area (Å²) in [6, 6.07) is 3.27. The van der Waals surface area contributed by atoms with Crippen LogP contribution in [0.25, 0.3) is 10.9 Å². The molecule has 1 aromatic heterocycles. The number of carboxylic acids is 2. The number of aromatic carboxylic acids is 1. The molecular weight excluding hydrogens is 485 g/mol. The Hall–Kier alpha value is -3.10. The first kappa shape index (κ1) is 27.1. The largest absolute Gasteiger partial charge is 0.490 e. The molecule has 3 rings (SSSR count). The summed E-state index contributed by atoms with van der Waals surface area (Å²) in [6.07, 6.45) is -3.85. The van der Waals surface area contributed by atoms with Crippen LogP contribution < -0.4 is 11.2 Å². The fourth-order valence-corrected chi connectivity index (χ4v) is 3.83. The van der Waals surface area contributed by atoms with E-state index in [1.165, 1.54) is 22.5 Å². The van der Waals surface area contributed by atoms with Crippen molar-refractivity contribution in [3.63, 3.8) is 0 Å². The van der Waals surface area contributed by atoms with Crippen LogP contribution >= 0.6 is 11.8 Å². The number of halogens is 3. The lowest BCUT2D eigenvalue weighted by atomic mass is 10.0. The van der Waals surface area contributed by atoms with E-state index in [4.69, 9.17) is 25.1 Å². The maximum absolute atomic E-state index is 12.7. The monoisotopic (exact) mass is 506 g/mol. The fourth-order valence-electron chi connectivity index (χ4n) is 2.99. The van der Waals surface area contributed by atoms with Crippen LogP contribution in [-0.4, -0.2) is 64.4 Å². The predicted molar refractivity (Wildman–Crippen MR) is 114 cm³/mol. The molecule has 1 aliphatic rings. The summed E-state index contributed by atoms with van der Waals surface area (Å²) in [4.78, 5) is 46.3. The molecule has 1 aromatic carbocycles. The fraction of sp³-hybridized carbons (Fsp3) is 0.400. The smallest absolute Gasteiger partial charge is 0.477 e. The molecule has 0 aliphatic carbocycles. The van der Waals surface area contributed by atoms with Gasteiger partial charge in [0, 0.05) is 28.8 Å². The van der Waals surface area contributed by atoms with Gasteiger partial charge in [-0.05, 0) is 26.0 Å². The summed E-state index contributed by atoms with van der Waals surface area (Å²) in [5, 5.41) is 16.7. The molecule has 1 aliphatic heterocycles. The van der Waals surface area contributed by atoms with Crippen LogP contribution in [0.15, 0.2) is 28.0 Å². The van der Waals surface area contributed by atoms with Crippen molar-refractivity contribution < 1.29 is 47.2 Å². The summed E-state index contributed by atoms with van der Waals surface area (Å²) < 4.78 is 44.0. The first-order chi connectivity index (χ1) is 15.7. The van der Waals surface area contributed by atoms with Gasteiger partial charge in [0.2, 0.25) is 5.43 Å². The molecule has 0 saturated carbocycles. The highest BCUT2D eigenvalue weighted by molar-refractivity contribution is 7.99. The third-order valence-corrected chi connectivity index (χ3v) is 5.39. The highest BCUT2D eigenvalue weighted by Gasteiger charge is 2.38. The lowest BCUT2D eigenvalue weighted by Crippen LogP contribution is -2.39. The average molecular weight is 506 g/mol. The van der Waals surface area contributed by atoms with Crippen LogP contribution in [0.2, 0.25) is 0 Å². The molecule has 34 heavy (non-hydrogen) atoms. The second-order valence-electron chi connectivity index (χ2n) is 7.30. The number of hydrogen-bond acceptors (Lipinski definition) is 8. The van der Waals surface area contributed by atoms with E-state index in [-0.39, 0.29) is 16.5 Å². The summed E-state index contributed by atoms with van der Waals surface area (Å²) in [5.74, 6) is -4.03. The van der Waals surface area contributed by atoms with Crippen LogP contribution in [0.4, 0.5) is 13.2 Å². The molecule has 2 aromatic rings. The molecule has 0 amide bonds. The molecular formula is C20H21F3N2O8S. The maximum atomic E-state index is 12.7. The van der Waals surface area contributed by atoms with E-state index in [1.54, 1.807) is 26.0 Å². The predicted octanol–water partition coefficient (Wildman–Crippen LogP) is 2.26. The Morgan fingerprint density at radius 3 is 2.35 bits per heavy atom. The Balaban J connectivity index is 0.000000509. The van der Waals surface area contributed by atoms with Crippen LogP contribution in [-0.2, 0) is 20.0 Å². The van der Waals surface area contributed by atoms with Crippen molar-refractivity contribution in [2.75, 3.05) is 25.5 Å². The maximum Gasteiger partial charge on any atom is 0.490 e. The molecule has 10 nitrogen and oxygen atoms in total. The number of carboxylic acid groups (broad SMARTS) is 2. The Morgan fingerprint density at radius 2 is 1.82 bits per heavy atom. The number of ether oxygens (including phenoxy) is 2. The Kier molecular flexibility index (Phi) is 8.34. The number of nitrogens with zero attached hydrogens (tertiary/aromatic N) is 1. The van der Waals surface area contributed by atoms with Crippen molar-refractivity contribution in [1.82, 2.24) is 4.57 Å². The Labute approximate surface area is 194 Å². The van der Waals surface area contributed by atoms with Gasteiger partial charge in [0.05, 0.1) is 24.3 Å². The topological polar surface area (TPSA) is 158 Å². The number of benzene rings is 1. The van der Waals surface area contributed by atoms with E-state index in [0.717, 1.165) is 0 Å². The summed E-state index contributed by atoms with van der Waals surface area (Å²) >= 11 is 1.40. The minimum atomic E-state index is -5.08. The highest BCUT2D eigenvalue weighted by atomic mass is 32.2. The van der Waals surface area contributed by atoms with Gasteiger partial charge in [-0.25, -0.2) is 14.4 Å². The number of carbonyl (C=O) groups excluding carboxylic acids is 1. The molecule has 0 radical (unpaired) electrons. The molecule has 4 N–H and O–H groups in total. The Morgan fingerprint density at radius 1 is 1.21 bits per heavy atom. The number of alkyl halides is 3. The second-order valence-corrected chi connectivity index (χ2v) is 8.47. The van der Waals surface area contributed by atoms with Crippen LogP contribution in [0, 0.1) is 0 Å². The molecule has 0 bridgehead atoms. The molecule has 14 heteroatoms. The number of aromatic nitrogens is 1. The number of aliphatic carboxylic acids is 1. The van der Waals surface area contributed by atoms with Gasteiger partial charge in [-0.15, -0.1) is 11.8 Å². The van der Waals surface area contributed by atoms with E-state index in [2.05, 4.69) is 0 Å². The lowest BCUT2D eigenvalue weighted by Gasteiger charge is -2.34. The molecule has 0 saturated heterocycles. The van der Waals surface area contributed by atoms with Gasteiger partial charge in [-0.1, -0.05) is 0 Å². The van der Waals surface area contributed by atoms with Gasteiger partial charge in [0.25, 0.3) is 0 Å². The third kappa shape index (κ3) is 6.07. The number of cyclic esters (lactones) is 1. The van der Waals surface area contributed by atoms with E-state index in [1.807, 2.05) is 0 Å². The van der Waals surface area contributed by atoms with E-state index in [9.17, 15) is 32.7 Å². The van der Waals surface area contributed by atoms with Gasteiger partial charge in [0.1, 0.15) is 5.56 Å². The molecule has 0 fully saturated rings. The van der Waals surface area contributed by atoms with Crippen molar-refractivity contribution in [3.8, 4) is 0 Å². The standard InChI is InChI=1S/C18H20N2O6S.C2HF3O2/c1-18(2)20-9-13(16(22)23)15(21)11-7-10(27-6-5-25-4-3-19)8-12(14(11)20)17(24)26-18;3-2(4,5)1(6)7/h7-9H,3-6,19H2,1-2H3,(H,22,23);(H,6,7). The molecule has 0 unspecified atom stereocenters. The van der Waals surface area contributed by atoms with Gasteiger partial charge in [-0.3, -0.25) is 4.79 Å². The number of nitrogens with two attached hydrogens (primary N) is 1. The van der Waals surface area contributed by atoms with Crippen molar-refractivity contribution in [1.29, 1.82) is 0 Å². The van der Waals surface area contributed by atoms with Crippen LogP contribution in [0.5, 0.6) is 0 Å². The van der Waals surface area contributed by atoms with Crippen molar-refractivity contribution in [3.05, 3.63) is 39.7 Å². The normalized spacial score (nSPS) is 14.2. The summed E-state index contributed by atoms with van der Waals surface area (Å²) in [6.45, 7) is 4.63. The van der Waals surface area contributed by atoms with E-state index < -0.39 is 35.2 Å². The zero-order chi connectivity index (χ0) is 25.8. The van der Waals surface area contributed by atoms with Gasteiger partial charge in [-0.2, -0.15) is 13.2 Å². The minimum absolute atomic E-state index is 0.183. The Bertz CT molecular complexity index is 1180. The third-order valence-electron chi connectivity index (χ3n) is 4.45. The van der Waals surface area contributed by atoms with E-state index in [0.29, 0.717) is 35.9 Å². The molecule has 2 heterocycles. The average Bonchev–Trinajstić information content (AvgIpc) is 2.71. The first-order valence-electron chi connectivity index (χ1n) is 9.62. The van der Waals surface area contributed by atoms with Crippen molar-refractivity contribution in [2.45, 2.75) is 30.6 Å². The number of carbonyl (C=O) groups is 3. The number of rotatable bonds is 7. The number of hydrogen-bond donors (Lipinski definition) is 3. The van der Waals surface area contributed by atoms with Crippen LogP contribution in [0.3, 0.4) is 0 Å². The molecule has 0 atom stereocenters.